The Kier molecular flexibility index (Phi) is 4.10. The Morgan fingerprint density at radius 2 is 2.26 bits per heavy atom. The first-order valence-electron chi connectivity index (χ1n) is 6.14. The average Bonchev–Trinajstić information content (AvgIpc) is 2.68. The average molecular weight is 288 g/mol. The van der Waals surface area contributed by atoms with E-state index in [1.165, 1.54) is 19.2 Å². The highest BCUT2D eigenvalue weighted by Gasteiger charge is 2.30. The van der Waals surface area contributed by atoms with Crippen LogP contribution in [0.15, 0.2) is 18.2 Å². The summed E-state index contributed by atoms with van der Waals surface area (Å²) in [6, 6.07) is 4.57. The van der Waals surface area contributed by atoms with Gasteiger partial charge in [-0.05, 0) is 24.8 Å². The van der Waals surface area contributed by atoms with E-state index in [-0.39, 0.29) is 35.2 Å². The quantitative estimate of drug-likeness (QED) is 0.916. The minimum absolute atomic E-state index is 0.0790. The second-order valence-corrected chi connectivity index (χ2v) is 7.11. The fourth-order valence-electron chi connectivity index (χ4n) is 2.44. The van der Waals surface area contributed by atoms with Crippen LogP contribution in [0.25, 0.3) is 0 Å². The fourth-order valence-corrected chi connectivity index (χ4v) is 4.32. The number of aliphatic hydroxyl groups is 1. The van der Waals surface area contributed by atoms with E-state index in [1.807, 2.05) is 0 Å². The van der Waals surface area contributed by atoms with Gasteiger partial charge < -0.3 is 9.84 Å². The summed E-state index contributed by atoms with van der Waals surface area (Å²) in [6.45, 7) is 0. The lowest BCUT2D eigenvalue weighted by molar-refractivity contribution is 0.143. The molecule has 2 atom stereocenters. The Morgan fingerprint density at radius 3 is 2.84 bits per heavy atom. The van der Waals surface area contributed by atoms with Gasteiger partial charge in [0.25, 0.3) is 0 Å². The Labute approximate surface area is 112 Å². The summed E-state index contributed by atoms with van der Waals surface area (Å²) in [5.41, 5.74) is 0.156. The maximum absolute atomic E-state index is 13.9. The number of hydrogen-bond acceptors (Lipinski definition) is 4. The van der Waals surface area contributed by atoms with E-state index < -0.39 is 21.8 Å². The van der Waals surface area contributed by atoms with Crippen molar-refractivity contribution in [2.24, 2.45) is 5.92 Å². The second-order valence-electron chi connectivity index (χ2n) is 4.88. The molecular formula is C13H17FO4S. The molecule has 6 heteroatoms. The fraction of sp³-hybridized carbons (Fsp3) is 0.538. The lowest BCUT2D eigenvalue weighted by Gasteiger charge is -2.16. The predicted octanol–water partition coefficient (Wildman–Crippen LogP) is 1.69. The summed E-state index contributed by atoms with van der Waals surface area (Å²) in [5.74, 6) is -0.375. The molecule has 4 nitrogen and oxygen atoms in total. The number of halogens is 1. The lowest BCUT2D eigenvalue weighted by atomic mass is 9.96. The SMILES string of the molecule is COc1cccc(C(O)CC2CCS(=O)(=O)C2)c1F. The van der Waals surface area contributed by atoms with Crippen LogP contribution < -0.4 is 4.74 Å². The van der Waals surface area contributed by atoms with Gasteiger partial charge in [0.2, 0.25) is 0 Å². The number of aliphatic hydroxyl groups excluding tert-OH is 1. The first kappa shape index (κ1) is 14.3. The zero-order valence-electron chi connectivity index (χ0n) is 10.7. The minimum Gasteiger partial charge on any atom is -0.494 e. The second kappa shape index (κ2) is 5.46. The van der Waals surface area contributed by atoms with Crippen molar-refractivity contribution < 1.29 is 22.7 Å². The molecule has 0 bridgehead atoms. The van der Waals surface area contributed by atoms with Crippen molar-refractivity contribution in [3.63, 3.8) is 0 Å². The van der Waals surface area contributed by atoms with Gasteiger partial charge in [-0.25, -0.2) is 12.8 Å². The molecule has 1 heterocycles. The van der Waals surface area contributed by atoms with Gasteiger partial charge in [-0.1, -0.05) is 12.1 Å². The summed E-state index contributed by atoms with van der Waals surface area (Å²) >= 11 is 0. The van der Waals surface area contributed by atoms with Crippen molar-refractivity contribution in [1.82, 2.24) is 0 Å². The summed E-state index contributed by atoms with van der Waals surface area (Å²) in [5, 5.41) is 10.1. The molecule has 1 N–H and O–H groups in total. The van der Waals surface area contributed by atoms with Crippen LogP contribution in [0.2, 0.25) is 0 Å². The van der Waals surface area contributed by atoms with Crippen LogP contribution >= 0.6 is 0 Å². The van der Waals surface area contributed by atoms with E-state index in [0.717, 1.165) is 0 Å². The van der Waals surface area contributed by atoms with Gasteiger partial charge in [0, 0.05) is 5.56 Å². The zero-order chi connectivity index (χ0) is 14.0. The molecule has 0 spiro atoms. The van der Waals surface area contributed by atoms with Gasteiger partial charge >= 0.3 is 0 Å². The van der Waals surface area contributed by atoms with Crippen LogP contribution in [0.4, 0.5) is 4.39 Å². The molecule has 0 aliphatic carbocycles. The van der Waals surface area contributed by atoms with Gasteiger partial charge in [0.05, 0.1) is 24.7 Å². The molecular weight excluding hydrogens is 271 g/mol. The number of sulfone groups is 1. The maximum atomic E-state index is 13.9. The van der Waals surface area contributed by atoms with E-state index in [9.17, 15) is 17.9 Å². The molecule has 0 aromatic heterocycles. The van der Waals surface area contributed by atoms with Crippen LogP contribution in [0.5, 0.6) is 5.75 Å². The number of rotatable bonds is 4. The maximum Gasteiger partial charge on any atom is 0.170 e. The van der Waals surface area contributed by atoms with E-state index in [4.69, 9.17) is 4.74 Å². The van der Waals surface area contributed by atoms with Gasteiger partial charge in [0.1, 0.15) is 0 Å². The van der Waals surface area contributed by atoms with Crippen LogP contribution in [0.3, 0.4) is 0 Å². The van der Waals surface area contributed by atoms with Gasteiger partial charge in [-0.3, -0.25) is 0 Å². The van der Waals surface area contributed by atoms with Crippen molar-refractivity contribution in [2.75, 3.05) is 18.6 Å². The molecule has 19 heavy (non-hydrogen) atoms. The Morgan fingerprint density at radius 1 is 1.53 bits per heavy atom. The topological polar surface area (TPSA) is 63.6 Å². The first-order chi connectivity index (χ1) is 8.93. The number of methoxy groups -OCH3 is 1. The smallest absolute Gasteiger partial charge is 0.170 e. The van der Waals surface area contributed by atoms with Crippen LogP contribution in [-0.2, 0) is 9.84 Å². The molecule has 2 rings (SSSR count). The number of hydrogen-bond donors (Lipinski definition) is 1. The third-order valence-corrected chi connectivity index (χ3v) is 5.29. The molecule has 1 aliphatic heterocycles. The number of benzene rings is 1. The molecule has 2 unspecified atom stereocenters. The molecule has 106 valence electrons. The summed E-state index contributed by atoms with van der Waals surface area (Å²) in [6.07, 6.45) is -0.220. The highest BCUT2D eigenvalue weighted by atomic mass is 32.2. The molecule has 0 radical (unpaired) electrons. The van der Waals surface area contributed by atoms with Crippen molar-refractivity contribution in [3.8, 4) is 5.75 Å². The highest BCUT2D eigenvalue weighted by Crippen LogP contribution is 2.32. The van der Waals surface area contributed by atoms with Crippen LogP contribution in [0, 0.1) is 11.7 Å². The standard InChI is InChI=1S/C13H17FO4S/c1-18-12-4-2-3-10(13(12)14)11(15)7-9-5-6-19(16,17)8-9/h2-4,9,11,15H,5-8H2,1H3. The Bertz CT molecular complexity index is 556. The molecule has 1 aromatic carbocycles. The minimum atomic E-state index is -2.98. The first-order valence-corrected chi connectivity index (χ1v) is 7.96. The Balaban J connectivity index is 2.10. The van der Waals surface area contributed by atoms with E-state index in [1.54, 1.807) is 6.07 Å². The molecule has 1 aliphatic rings. The van der Waals surface area contributed by atoms with Gasteiger partial charge in [-0.2, -0.15) is 0 Å². The van der Waals surface area contributed by atoms with Crippen LogP contribution in [0.1, 0.15) is 24.5 Å². The molecule has 1 aromatic rings. The third kappa shape index (κ3) is 3.25. The van der Waals surface area contributed by atoms with Crippen molar-refractivity contribution in [3.05, 3.63) is 29.6 Å². The normalized spacial score (nSPS) is 23.2. The van der Waals surface area contributed by atoms with Crippen molar-refractivity contribution in [2.45, 2.75) is 18.9 Å². The van der Waals surface area contributed by atoms with Gasteiger partial charge in [0.15, 0.2) is 21.4 Å². The lowest BCUT2D eigenvalue weighted by Crippen LogP contribution is -2.11. The molecule has 0 amide bonds. The highest BCUT2D eigenvalue weighted by molar-refractivity contribution is 7.91. The van der Waals surface area contributed by atoms with E-state index >= 15 is 0 Å². The monoisotopic (exact) mass is 288 g/mol. The van der Waals surface area contributed by atoms with Crippen LogP contribution in [-0.4, -0.2) is 32.1 Å². The number of ether oxygens (including phenoxy) is 1. The molecule has 1 saturated heterocycles. The summed E-state index contributed by atoms with van der Waals surface area (Å²) < 4.78 is 41.5. The third-order valence-electron chi connectivity index (χ3n) is 3.46. The van der Waals surface area contributed by atoms with Gasteiger partial charge in [-0.15, -0.1) is 0 Å². The predicted molar refractivity (Wildman–Crippen MR) is 69.3 cm³/mol. The van der Waals surface area contributed by atoms with E-state index in [2.05, 4.69) is 0 Å². The van der Waals surface area contributed by atoms with Crippen molar-refractivity contribution >= 4 is 9.84 Å². The summed E-state index contributed by atoms with van der Waals surface area (Å²) in [4.78, 5) is 0. The molecule has 1 fully saturated rings. The Hall–Kier alpha value is -1.14. The largest absolute Gasteiger partial charge is 0.494 e. The molecule has 0 saturated carbocycles. The van der Waals surface area contributed by atoms with Crippen molar-refractivity contribution in [1.29, 1.82) is 0 Å². The zero-order valence-corrected chi connectivity index (χ0v) is 11.5. The summed E-state index contributed by atoms with van der Waals surface area (Å²) in [7, 11) is -1.62. The van der Waals surface area contributed by atoms with E-state index in [0.29, 0.717) is 6.42 Å².